The van der Waals surface area contributed by atoms with Gasteiger partial charge in [0.15, 0.2) is 0 Å². The third-order valence-electron chi connectivity index (χ3n) is 2.13. The lowest BCUT2D eigenvalue weighted by Gasteiger charge is -2.08. The maximum absolute atomic E-state index is 3.48. The first kappa shape index (κ1) is 10.3. The Morgan fingerprint density at radius 2 is 1.85 bits per heavy atom. The SMILES string of the molecule is CC(C)Cc1[c]c(C(C)C)ccc1. The summed E-state index contributed by atoms with van der Waals surface area (Å²) >= 11 is 0. The normalized spacial score (nSPS) is 11.2. The van der Waals surface area contributed by atoms with E-state index in [2.05, 4.69) is 52.0 Å². The standard InChI is InChI=1S/C13H19/c1-10(2)8-12-6-5-7-13(9-12)11(3)4/h5-7,10-11H,8H2,1-4H3. The summed E-state index contributed by atoms with van der Waals surface area (Å²) in [5.41, 5.74) is 2.68. The van der Waals surface area contributed by atoms with Crippen molar-refractivity contribution in [1.29, 1.82) is 0 Å². The van der Waals surface area contributed by atoms with Crippen LogP contribution >= 0.6 is 0 Å². The van der Waals surface area contributed by atoms with Gasteiger partial charge >= 0.3 is 0 Å². The molecule has 0 unspecified atom stereocenters. The second kappa shape index (κ2) is 4.45. The highest BCUT2D eigenvalue weighted by atomic mass is 14.1. The topological polar surface area (TPSA) is 0 Å². The average Bonchev–Trinajstić information content (AvgIpc) is 2.03. The monoisotopic (exact) mass is 175 g/mol. The van der Waals surface area contributed by atoms with Gasteiger partial charge in [-0.3, -0.25) is 0 Å². The van der Waals surface area contributed by atoms with Crippen LogP contribution in [-0.2, 0) is 6.42 Å². The van der Waals surface area contributed by atoms with Crippen LogP contribution in [0.25, 0.3) is 0 Å². The van der Waals surface area contributed by atoms with E-state index in [-0.39, 0.29) is 0 Å². The summed E-state index contributed by atoms with van der Waals surface area (Å²) in [5.74, 6) is 1.31. The summed E-state index contributed by atoms with van der Waals surface area (Å²) in [7, 11) is 0. The predicted octanol–water partition coefficient (Wildman–Crippen LogP) is 3.81. The molecule has 71 valence electrons. The number of hydrogen-bond donors (Lipinski definition) is 0. The van der Waals surface area contributed by atoms with Crippen LogP contribution in [0.3, 0.4) is 0 Å². The van der Waals surface area contributed by atoms with E-state index in [0.717, 1.165) is 12.3 Å². The van der Waals surface area contributed by atoms with Crippen molar-refractivity contribution in [2.75, 3.05) is 0 Å². The van der Waals surface area contributed by atoms with Gasteiger partial charge in [-0.2, -0.15) is 0 Å². The molecular formula is C13H19. The van der Waals surface area contributed by atoms with Gasteiger partial charge in [0.1, 0.15) is 0 Å². The van der Waals surface area contributed by atoms with E-state index in [9.17, 15) is 0 Å². The number of rotatable bonds is 3. The summed E-state index contributed by atoms with van der Waals surface area (Å²) < 4.78 is 0. The summed E-state index contributed by atoms with van der Waals surface area (Å²) in [5, 5.41) is 0. The van der Waals surface area contributed by atoms with Crippen molar-refractivity contribution in [3.63, 3.8) is 0 Å². The smallest absolute Gasteiger partial charge is 0.0111 e. The van der Waals surface area contributed by atoms with Crippen LogP contribution in [0.5, 0.6) is 0 Å². The van der Waals surface area contributed by atoms with Gasteiger partial charge in [0, 0.05) is 0 Å². The summed E-state index contributed by atoms with van der Waals surface area (Å²) in [4.78, 5) is 0. The van der Waals surface area contributed by atoms with Gasteiger partial charge in [0.05, 0.1) is 0 Å². The molecule has 0 spiro atoms. The molecule has 1 radical (unpaired) electrons. The fourth-order valence-electron chi connectivity index (χ4n) is 1.43. The fraction of sp³-hybridized carbons (Fsp3) is 0.538. The van der Waals surface area contributed by atoms with E-state index in [1.807, 2.05) is 0 Å². The molecule has 0 heterocycles. The molecule has 0 fully saturated rings. The van der Waals surface area contributed by atoms with Gasteiger partial charge in [-0.1, -0.05) is 45.9 Å². The van der Waals surface area contributed by atoms with Gasteiger partial charge in [0.2, 0.25) is 0 Å². The van der Waals surface area contributed by atoms with Gasteiger partial charge in [0.25, 0.3) is 0 Å². The Balaban J connectivity index is 2.79. The zero-order valence-corrected chi connectivity index (χ0v) is 9.09. The highest BCUT2D eigenvalue weighted by Crippen LogP contribution is 2.16. The first-order valence-electron chi connectivity index (χ1n) is 5.10. The van der Waals surface area contributed by atoms with Gasteiger partial charge in [-0.15, -0.1) is 0 Å². The van der Waals surface area contributed by atoms with Crippen LogP contribution < -0.4 is 0 Å². The van der Waals surface area contributed by atoms with Crippen LogP contribution in [0.2, 0.25) is 0 Å². The molecule has 0 amide bonds. The van der Waals surface area contributed by atoms with E-state index in [0.29, 0.717) is 5.92 Å². The van der Waals surface area contributed by atoms with Crippen molar-refractivity contribution in [1.82, 2.24) is 0 Å². The Bertz CT molecular complexity index is 258. The molecule has 0 N–H and O–H groups in total. The summed E-state index contributed by atoms with van der Waals surface area (Å²) in [6, 6.07) is 9.95. The van der Waals surface area contributed by atoms with Crippen LogP contribution in [0.4, 0.5) is 0 Å². The summed E-state index contributed by atoms with van der Waals surface area (Å²) in [6.07, 6.45) is 1.14. The second-order valence-electron chi connectivity index (χ2n) is 4.38. The first-order chi connectivity index (χ1) is 6.09. The molecule has 0 aromatic heterocycles. The minimum atomic E-state index is 0.590. The van der Waals surface area contributed by atoms with Crippen molar-refractivity contribution in [2.24, 2.45) is 5.92 Å². The quantitative estimate of drug-likeness (QED) is 0.655. The Kier molecular flexibility index (Phi) is 3.53. The minimum Gasteiger partial charge on any atom is -0.0625 e. The van der Waals surface area contributed by atoms with Gasteiger partial charge in [-0.25, -0.2) is 0 Å². The maximum Gasteiger partial charge on any atom is -0.0111 e. The molecule has 0 saturated carbocycles. The average molecular weight is 175 g/mol. The molecule has 0 saturated heterocycles. The molecule has 0 heteroatoms. The Morgan fingerprint density at radius 3 is 2.38 bits per heavy atom. The van der Waals surface area contributed by atoms with Crippen molar-refractivity contribution in [2.45, 2.75) is 40.0 Å². The third kappa shape index (κ3) is 3.22. The van der Waals surface area contributed by atoms with Crippen molar-refractivity contribution >= 4 is 0 Å². The molecular weight excluding hydrogens is 156 g/mol. The molecule has 1 rings (SSSR count). The highest BCUT2D eigenvalue weighted by molar-refractivity contribution is 5.24. The van der Waals surface area contributed by atoms with E-state index >= 15 is 0 Å². The van der Waals surface area contributed by atoms with Crippen LogP contribution in [0.15, 0.2) is 18.2 Å². The van der Waals surface area contributed by atoms with Gasteiger partial charge in [-0.05, 0) is 35.4 Å². The molecule has 0 aliphatic heterocycles. The van der Waals surface area contributed by atoms with Crippen LogP contribution in [0, 0.1) is 12.0 Å². The van der Waals surface area contributed by atoms with Gasteiger partial charge < -0.3 is 0 Å². The van der Waals surface area contributed by atoms with E-state index in [1.54, 1.807) is 0 Å². The summed E-state index contributed by atoms with van der Waals surface area (Å²) in [6.45, 7) is 8.92. The molecule has 13 heavy (non-hydrogen) atoms. The molecule has 0 bridgehead atoms. The van der Waals surface area contributed by atoms with Crippen LogP contribution in [-0.4, -0.2) is 0 Å². The van der Waals surface area contributed by atoms with E-state index in [1.165, 1.54) is 11.1 Å². The second-order valence-corrected chi connectivity index (χ2v) is 4.38. The molecule has 1 aromatic rings. The molecule has 0 aliphatic rings. The first-order valence-corrected chi connectivity index (χ1v) is 5.10. The largest absolute Gasteiger partial charge is 0.0625 e. The lowest BCUT2D eigenvalue weighted by molar-refractivity contribution is 0.645. The third-order valence-corrected chi connectivity index (χ3v) is 2.13. The zero-order chi connectivity index (χ0) is 9.84. The van der Waals surface area contributed by atoms with Crippen molar-refractivity contribution in [3.8, 4) is 0 Å². The Labute approximate surface area is 82.0 Å². The van der Waals surface area contributed by atoms with E-state index in [4.69, 9.17) is 0 Å². The molecule has 0 aliphatic carbocycles. The van der Waals surface area contributed by atoms with E-state index < -0.39 is 0 Å². The zero-order valence-electron chi connectivity index (χ0n) is 9.09. The highest BCUT2D eigenvalue weighted by Gasteiger charge is 2.02. The molecule has 0 nitrogen and oxygen atoms in total. The lowest BCUT2D eigenvalue weighted by Crippen LogP contribution is -1.96. The lowest BCUT2D eigenvalue weighted by atomic mass is 9.97. The predicted molar refractivity (Wildman–Crippen MR) is 57.9 cm³/mol. The number of hydrogen-bond acceptors (Lipinski definition) is 0. The fourth-order valence-corrected chi connectivity index (χ4v) is 1.43. The number of benzene rings is 1. The van der Waals surface area contributed by atoms with Crippen LogP contribution in [0.1, 0.15) is 44.7 Å². The van der Waals surface area contributed by atoms with Crippen molar-refractivity contribution < 1.29 is 0 Å². The Morgan fingerprint density at radius 1 is 1.15 bits per heavy atom. The molecule has 0 atom stereocenters. The van der Waals surface area contributed by atoms with Crippen molar-refractivity contribution in [3.05, 3.63) is 35.4 Å². The Hall–Kier alpha value is -0.780. The minimum absolute atomic E-state index is 0.590. The maximum atomic E-state index is 3.48. The molecule has 1 aromatic carbocycles.